The maximum absolute atomic E-state index is 12.9. The Bertz CT molecular complexity index is 968. The second-order valence-corrected chi connectivity index (χ2v) is 9.29. The number of likely N-dealkylation sites (tertiary alicyclic amines) is 2. The van der Waals surface area contributed by atoms with Crippen LogP contribution < -0.4 is 0 Å². The van der Waals surface area contributed by atoms with Gasteiger partial charge in [-0.2, -0.15) is 0 Å². The van der Waals surface area contributed by atoms with Crippen LogP contribution >= 0.6 is 11.3 Å². The van der Waals surface area contributed by atoms with Crippen LogP contribution in [0.15, 0.2) is 60.2 Å². The van der Waals surface area contributed by atoms with Gasteiger partial charge in [0.1, 0.15) is 0 Å². The lowest BCUT2D eigenvalue weighted by Crippen LogP contribution is -2.55. The van der Waals surface area contributed by atoms with Crippen molar-refractivity contribution in [1.82, 2.24) is 19.4 Å². The molecule has 0 radical (unpaired) electrons. The highest BCUT2D eigenvalue weighted by molar-refractivity contribution is 7.12. The van der Waals surface area contributed by atoms with Gasteiger partial charge in [-0.3, -0.25) is 14.3 Å². The van der Waals surface area contributed by atoms with Gasteiger partial charge >= 0.3 is 0 Å². The second kappa shape index (κ2) is 8.74. The molecule has 5 rings (SSSR count). The smallest absolute Gasteiger partial charge is 0.227 e. The van der Waals surface area contributed by atoms with Crippen LogP contribution in [0.1, 0.15) is 30.5 Å². The fourth-order valence-electron chi connectivity index (χ4n) is 5.09. The third-order valence-corrected chi connectivity index (χ3v) is 7.33. The van der Waals surface area contributed by atoms with Crippen LogP contribution in [0.5, 0.6) is 0 Å². The molecular weight excluding hydrogens is 392 g/mol. The molecule has 0 spiro atoms. The lowest BCUT2D eigenvalue weighted by Gasteiger charge is -2.47. The first kappa shape index (κ1) is 19.5. The molecule has 6 heteroatoms. The van der Waals surface area contributed by atoms with Gasteiger partial charge in [0, 0.05) is 49.1 Å². The van der Waals surface area contributed by atoms with Crippen molar-refractivity contribution >= 4 is 17.2 Å². The van der Waals surface area contributed by atoms with Crippen LogP contribution in [0, 0.1) is 5.92 Å². The van der Waals surface area contributed by atoms with Crippen molar-refractivity contribution in [2.24, 2.45) is 5.92 Å². The summed E-state index contributed by atoms with van der Waals surface area (Å²) in [4.78, 5) is 22.1. The molecule has 0 aliphatic carbocycles. The summed E-state index contributed by atoms with van der Waals surface area (Å²) in [5.74, 6) is 0.852. The summed E-state index contributed by atoms with van der Waals surface area (Å²) in [5, 5.41) is 3.06. The molecule has 156 valence electrons. The van der Waals surface area contributed by atoms with E-state index < -0.39 is 0 Å². The fourth-order valence-corrected chi connectivity index (χ4v) is 5.74. The molecule has 0 unspecified atom stereocenters. The number of benzene rings is 1. The summed E-state index contributed by atoms with van der Waals surface area (Å²) < 4.78 is 2.22. The minimum absolute atomic E-state index is 0.273. The normalized spacial score (nSPS) is 22.1. The Balaban J connectivity index is 1.24. The fraction of sp³-hybridized carbons (Fsp3) is 0.417. The van der Waals surface area contributed by atoms with E-state index in [1.165, 1.54) is 18.5 Å². The Hall–Kier alpha value is -2.44. The first-order chi connectivity index (χ1) is 14.8. The van der Waals surface area contributed by atoms with Gasteiger partial charge in [0.15, 0.2) is 5.13 Å². The molecule has 1 aromatic carbocycles. The average Bonchev–Trinajstić information content (AvgIpc) is 3.46. The number of amides is 1. The van der Waals surface area contributed by atoms with Crippen molar-refractivity contribution in [1.29, 1.82) is 0 Å². The minimum Gasteiger partial charge on any atom is -0.342 e. The molecular formula is C24H28N4OS. The molecule has 2 fully saturated rings. The summed E-state index contributed by atoms with van der Waals surface area (Å²) in [7, 11) is 0. The highest BCUT2D eigenvalue weighted by Crippen LogP contribution is 2.32. The van der Waals surface area contributed by atoms with Crippen molar-refractivity contribution in [3.8, 4) is 5.13 Å². The third-order valence-electron chi connectivity index (χ3n) is 6.56. The van der Waals surface area contributed by atoms with Crippen LogP contribution in [0.4, 0.5) is 0 Å². The number of carbonyl (C=O) groups excluding carboxylic acids is 1. The maximum Gasteiger partial charge on any atom is 0.227 e. The molecule has 30 heavy (non-hydrogen) atoms. The SMILES string of the molecule is O=C(Cc1ccccc1)N1CC[C@@H]2[C@@H](CCCN2Cc2cccn2-c2nccs2)C1. The molecule has 2 saturated heterocycles. The van der Waals surface area contributed by atoms with E-state index in [0.717, 1.165) is 43.3 Å². The van der Waals surface area contributed by atoms with E-state index in [9.17, 15) is 4.79 Å². The highest BCUT2D eigenvalue weighted by Gasteiger charge is 2.37. The number of piperidine rings is 2. The molecule has 2 aliphatic heterocycles. The Morgan fingerprint density at radius 2 is 2.00 bits per heavy atom. The summed E-state index contributed by atoms with van der Waals surface area (Å²) in [6.07, 6.45) is 8.00. The zero-order chi connectivity index (χ0) is 20.3. The van der Waals surface area contributed by atoms with Crippen molar-refractivity contribution in [2.45, 2.75) is 38.3 Å². The molecule has 1 amide bonds. The van der Waals surface area contributed by atoms with Gasteiger partial charge in [-0.15, -0.1) is 11.3 Å². The van der Waals surface area contributed by atoms with E-state index >= 15 is 0 Å². The lowest BCUT2D eigenvalue weighted by molar-refractivity contribution is -0.134. The van der Waals surface area contributed by atoms with E-state index in [1.54, 1.807) is 11.3 Å². The van der Waals surface area contributed by atoms with Gasteiger partial charge < -0.3 is 4.90 Å². The Morgan fingerprint density at radius 3 is 2.83 bits per heavy atom. The topological polar surface area (TPSA) is 41.4 Å². The third kappa shape index (κ3) is 4.07. The van der Waals surface area contributed by atoms with Crippen molar-refractivity contribution in [2.75, 3.05) is 19.6 Å². The van der Waals surface area contributed by atoms with Gasteiger partial charge in [-0.05, 0) is 49.4 Å². The number of nitrogens with zero attached hydrogens (tertiary/aromatic N) is 4. The predicted octanol–water partition coefficient (Wildman–Crippen LogP) is 3.99. The summed E-state index contributed by atoms with van der Waals surface area (Å²) in [6, 6.07) is 15.0. The molecule has 0 saturated carbocycles. The van der Waals surface area contributed by atoms with Gasteiger partial charge in [-0.25, -0.2) is 4.98 Å². The van der Waals surface area contributed by atoms with Gasteiger partial charge in [0.05, 0.1) is 6.42 Å². The molecule has 0 N–H and O–H groups in total. The second-order valence-electron chi connectivity index (χ2n) is 8.42. The minimum atomic E-state index is 0.273. The van der Waals surface area contributed by atoms with E-state index in [4.69, 9.17) is 0 Å². The Labute approximate surface area is 182 Å². The summed E-state index contributed by atoms with van der Waals surface area (Å²) in [6.45, 7) is 3.87. The lowest BCUT2D eigenvalue weighted by atomic mass is 9.83. The Kier molecular flexibility index (Phi) is 5.69. The number of hydrogen-bond acceptors (Lipinski definition) is 4. The van der Waals surface area contributed by atoms with E-state index in [-0.39, 0.29) is 5.91 Å². The molecule has 2 aliphatic rings. The number of rotatable bonds is 5. The van der Waals surface area contributed by atoms with Gasteiger partial charge in [-0.1, -0.05) is 30.3 Å². The quantitative estimate of drug-likeness (QED) is 0.627. The zero-order valence-electron chi connectivity index (χ0n) is 17.2. The van der Waals surface area contributed by atoms with E-state index in [2.05, 4.69) is 37.7 Å². The number of fused-ring (bicyclic) bond motifs is 1. The van der Waals surface area contributed by atoms with Crippen molar-refractivity contribution < 1.29 is 4.79 Å². The first-order valence-electron chi connectivity index (χ1n) is 10.9. The van der Waals surface area contributed by atoms with Gasteiger partial charge in [0.2, 0.25) is 5.91 Å². The van der Waals surface area contributed by atoms with Crippen molar-refractivity contribution in [3.63, 3.8) is 0 Å². The number of thiazole rings is 1. The molecule has 2 atom stereocenters. The number of hydrogen-bond donors (Lipinski definition) is 0. The van der Waals surface area contributed by atoms with Gasteiger partial charge in [0.25, 0.3) is 0 Å². The maximum atomic E-state index is 12.9. The number of aromatic nitrogens is 2. The Morgan fingerprint density at radius 1 is 1.10 bits per heavy atom. The van der Waals surface area contributed by atoms with E-state index in [1.807, 2.05) is 41.9 Å². The van der Waals surface area contributed by atoms with Crippen LogP contribution in [-0.4, -0.2) is 50.9 Å². The number of carbonyl (C=O) groups is 1. The molecule has 3 aromatic rings. The molecule has 0 bridgehead atoms. The standard InChI is InChI=1S/C24H28N4OS/c29-23(16-19-6-2-1-3-7-19)27-14-10-22-20(17-27)8-4-12-26(22)18-21-9-5-13-28(21)24-25-11-15-30-24/h1-3,5-7,9,11,13,15,20,22H,4,8,10,12,14,16-18H2/t20-,22+/m0/s1. The van der Waals surface area contributed by atoms with Crippen LogP contribution in [-0.2, 0) is 17.8 Å². The van der Waals surface area contributed by atoms with Crippen LogP contribution in [0.25, 0.3) is 5.13 Å². The zero-order valence-corrected chi connectivity index (χ0v) is 18.0. The molecule has 2 aromatic heterocycles. The average molecular weight is 421 g/mol. The molecule has 5 nitrogen and oxygen atoms in total. The predicted molar refractivity (Wildman–Crippen MR) is 120 cm³/mol. The van der Waals surface area contributed by atoms with E-state index in [0.29, 0.717) is 18.4 Å². The summed E-state index contributed by atoms with van der Waals surface area (Å²) >= 11 is 1.67. The highest BCUT2D eigenvalue weighted by atomic mass is 32.1. The first-order valence-corrected chi connectivity index (χ1v) is 11.8. The largest absolute Gasteiger partial charge is 0.342 e. The van der Waals surface area contributed by atoms with Crippen LogP contribution in [0.3, 0.4) is 0 Å². The monoisotopic (exact) mass is 420 g/mol. The van der Waals surface area contributed by atoms with Crippen LogP contribution in [0.2, 0.25) is 0 Å². The van der Waals surface area contributed by atoms with Crippen molar-refractivity contribution in [3.05, 3.63) is 71.5 Å². The molecule has 4 heterocycles. The summed E-state index contributed by atoms with van der Waals surface area (Å²) in [5.41, 5.74) is 2.41.